The summed E-state index contributed by atoms with van der Waals surface area (Å²) in [7, 11) is 0. The molecule has 3 rings (SSSR count). The first-order chi connectivity index (χ1) is 7.43. The molecule has 2 saturated heterocycles. The molecule has 84 valence electrons. The van der Waals surface area contributed by atoms with Gasteiger partial charge in [-0.15, -0.1) is 0 Å². The molecule has 1 atom stereocenters. The fraction of sp³-hybridized carbons (Fsp3) is 0.846. The minimum atomic E-state index is 0.842. The maximum absolute atomic E-state index is 2.74. The molecule has 0 radical (unpaired) electrons. The van der Waals surface area contributed by atoms with E-state index >= 15 is 0 Å². The van der Waals surface area contributed by atoms with Crippen LogP contribution in [-0.2, 0) is 0 Å². The molecule has 2 heteroatoms. The lowest BCUT2D eigenvalue weighted by Crippen LogP contribution is -2.56. The maximum atomic E-state index is 2.74. The molecule has 2 heterocycles. The van der Waals surface area contributed by atoms with Crippen molar-refractivity contribution in [1.82, 2.24) is 9.80 Å². The second-order valence-electron chi connectivity index (χ2n) is 5.28. The maximum Gasteiger partial charge on any atom is 0.0223 e. The predicted molar refractivity (Wildman–Crippen MR) is 62.9 cm³/mol. The smallest absolute Gasteiger partial charge is 0.0223 e. The number of hydrogen-bond donors (Lipinski definition) is 0. The Morgan fingerprint density at radius 3 is 2.47 bits per heavy atom. The highest BCUT2D eigenvalue weighted by molar-refractivity contribution is 5.00. The van der Waals surface area contributed by atoms with Gasteiger partial charge in [-0.05, 0) is 32.2 Å². The summed E-state index contributed by atoms with van der Waals surface area (Å²) in [5.74, 6) is 0. The first-order valence-corrected chi connectivity index (χ1v) is 6.56. The predicted octanol–water partition coefficient (Wildman–Crippen LogP) is 1.88. The fourth-order valence-corrected chi connectivity index (χ4v) is 3.41. The van der Waals surface area contributed by atoms with Gasteiger partial charge in [-0.3, -0.25) is 9.80 Å². The van der Waals surface area contributed by atoms with Crippen molar-refractivity contribution < 1.29 is 0 Å². The van der Waals surface area contributed by atoms with Gasteiger partial charge in [0.1, 0.15) is 0 Å². The van der Waals surface area contributed by atoms with E-state index in [2.05, 4.69) is 22.0 Å². The zero-order chi connectivity index (χ0) is 10.1. The van der Waals surface area contributed by atoms with Crippen LogP contribution in [0.3, 0.4) is 0 Å². The zero-order valence-corrected chi connectivity index (χ0v) is 9.57. The number of nitrogens with zero attached hydrogens (tertiary/aromatic N) is 2. The van der Waals surface area contributed by atoms with Crippen molar-refractivity contribution in [2.24, 2.45) is 0 Å². The zero-order valence-electron chi connectivity index (χ0n) is 9.57. The average molecular weight is 206 g/mol. The Kier molecular flexibility index (Phi) is 2.80. The largest absolute Gasteiger partial charge is 0.298 e. The Balaban J connectivity index is 1.59. The summed E-state index contributed by atoms with van der Waals surface area (Å²) in [5.41, 5.74) is 0. The van der Waals surface area contributed by atoms with Crippen molar-refractivity contribution in [3.63, 3.8) is 0 Å². The van der Waals surface area contributed by atoms with Crippen molar-refractivity contribution in [2.45, 2.75) is 44.2 Å². The normalized spacial score (nSPS) is 34.5. The second-order valence-corrected chi connectivity index (χ2v) is 5.28. The van der Waals surface area contributed by atoms with E-state index in [1.807, 2.05) is 0 Å². The van der Waals surface area contributed by atoms with Crippen LogP contribution in [-0.4, -0.2) is 48.1 Å². The van der Waals surface area contributed by atoms with E-state index in [1.54, 1.807) is 0 Å². The number of piperazine rings is 1. The van der Waals surface area contributed by atoms with Crippen LogP contribution >= 0.6 is 0 Å². The highest BCUT2D eigenvalue weighted by atomic mass is 15.3. The van der Waals surface area contributed by atoms with Crippen molar-refractivity contribution in [3.8, 4) is 0 Å². The molecule has 0 aromatic heterocycles. The van der Waals surface area contributed by atoms with Crippen molar-refractivity contribution in [3.05, 3.63) is 12.2 Å². The van der Waals surface area contributed by atoms with Crippen LogP contribution in [0, 0.1) is 0 Å². The third-order valence-electron chi connectivity index (χ3n) is 4.37. The van der Waals surface area contributed by atoms with Crippen LogP contribution in [0.4, 0.5) is 0 Å². The number of hydrogen-bond acceptors (Lipinski definition) is 2. The molecule has 0 amide bonds. The molecule has 3 aliphatic rings. The van der Waals surface area contributed by atoms with Crippen molar-refractivity contribution in [2.75, 3.05) is 26.2 Å². The molecule has 2 fully saturated rings. The Bertz CT molecular complexity index is 241. The fourth-order valence-electron chi connectivity index (χ4n) is 3.41. The first-order valence-electron chi connectivity index (χ1n) is 6.56. The van der Waals surface area contributed by atoms with Crippen molar-refractivity contribution in [1.29, 1.82) is 0 Å². The standard InChI is InChI=1S/C13H22N2/c1-2-6-12(5-1)15-10-9-14-8-4-3-7-13(14)11-15/h1-2,12-13H,3-11H2. The molecule has 0 aromatic rings. The van der Waals surface area contributed by atoms with Gasteiger partial charge in [0.2, 0.25) is 0 Å². The Morgan fingerprint density at radius 2 is 1.60 bits per heavy atom. The molecule has 1 unspecified atom stereocenters. The van der Waals surface area contributed by atoms with Gasteiger partial charge in [-0.1, -0.05) is 18.6 Å². The summed E-state index contributed by atoms with van der Waals surface area (Å²) in [6.45, 7) is 5.33. The van der Waals surface area contributed by atoms with E-state index in [-0.39, 0.29) is 0 Å². The van der Waals surface area contributed by atoms with Crippen LogP contribution in [0.2, 0.25) is 0 Å². The van der Waals surface area contributed by atoms with E-state index in [4.69, 9.17) is 0 Å². The van der Waals surface area contributed by atoms with Gasteiger partial charge < -0.3 is 0 Å². The summed E-state index contributed by atoms with van der Waals surface area (Å²) < 4.78 is 0. The number of piperidine rings is 1. The molecule has 0 bridgehead atoms. The van der Waals surface area contributed by atoms with Crippen LogP contribution in [0.25, 0.3) is 0 Å². The van der Waals surface area contributed by atoms with E-state index < -0.39 is 0 Å². The molecule has 0 aromatic carbocycles. The highest BCUT2D eigenvalue weighted by Gasteiger charge is 2.31. The average Bonchev–Trinajstić information content (AvgIpc) is 2.82. The Labute approximate surface area is 92.9 Å². The van der Waals surface area contributed by atoms with Gasteiger partial charge >= 0.3 is 0 Å². The second kappa shape index (κ2) is 4.26. The molecule has 0 saturated carbocycles. The molecule has 0 N–H and O–H groups in total. The lowest BCUT2D eigenvalue weighted by molar-refractivity contribution is 0.0299. The van der Waals surface area contributed by atoms with Gasteiger partial charge in [-0.25, -0.2) is 0 Å². The summed E-state index contributed by atoms with van der Waals surface area (Å²) in [5, 5.41) is 0. The molecular weight excluding hydrogens is 184 g/mol. The minimum Gasteiger partial charge on any atom is -0.298 e. The lowest BCUT2D eigenvalue weighted by Gasteiger charge is -2.46. The first kappa shape index (κ1) is 9.86. The lowest BCUT2D eigenvalue weighted by atomic mass is 9.98. The highest BCUT2D eigenvalue weighted by Crippen LogP contribution is 2.25. The Hall–Kier alpha value is -0.340. The van der Waals surface area contributed by atoms with Gasteiger partial charge in [-0.2, -0.15) is 0 Å². The topological polar surface area (TPSA) is 6.48 Å². The van der Waals surface area contributed by atoms with Crippen LogP contribution in [0.15, 0.2) is 12.2 Å². The van der Waals surface area contributed by atoms with Crippen LogP contribution < -0.4 is 0 Å². The third kappa shape index (κ3) is 1.98. The minimum absolute atomic E-state index is 0.842. The van der Waals surface area contributed by atoms with E-state index in [1.165, 1.54) is 58.3 Å². The third-order valence-corrected chi connectivity index (χ3v) is 4.37. The number of rotatable bonds is 1. The van der Waals surface area contributed by atoms with E-state index in [9.17, 15) is 0 Å². The number of fused-ring (bicyclic) bond motifs is 1. The molecule has 0 spiro atoms. The summed E-state index contributed by atoms with van der Waals surface area (Å²) >= 11 is 0. The van der Waals surface area contributed by atoms with Gasteiger partial charge in [0.05, 0.1) is 0 Å². The summed E-state index contributed by atoms with van der Waals surface area (Å²) in [6, 6.07) is 1.72. The molecule has 2 nitrogen and oxygen atoms in total. The molecule has 1 aliphatic carbocycles. The summed E-state index contributed by atoms with van der Waals surface area (Å²) in [4.78, 5) is 5.47. The van der Waals surface area contributed by atoms with Crippen LogP contribution in [0.1, 0.15) is 32.1 Å². The Morgan fingerprint density at radius 1 is 0.800 bits per heavy atom. The van der Waals surface area contributed by atoms with Crippen molar-refractivity contribution >= 4 is 0 Å². The van der Waals surface area contributed by atoms with E-state index in [0.717, 1.165) is 12.1 Å². The SMILES string of the molecule is C1=CCC(N2CCN3CCCCC3C2)C1. The van der Waals surface area contributed by atoms with Gasteiger partial charge in [0.25, 0.3) is 0 Å². The van der Waals surface area contributed by atoms with Crippen LogP contribution in [0.5, 0.6) is 0 Å². The monoisotopic (exact) mass is 206 g/mol. The summed E-state index contributed by atoms with van der Waals surface area (Å²) in [6.07, 6.45) is 11.6. The molecule has 15 heavy (non-hydrogen) atoms. The van der Waals surface area contributed by atoms with Gasteiger partial charge in [0.15, 0.2) is 0 Å². The molecule has 2 aliphatic heterocycles. The van der Waals surface area contributed by atoms with E-state index in [0.29, 0.717) is 0 Å². The van der Waals surface area contributed by atoms with Gasteiger partial charge in [0, 0.05) is 31.7 Å². The molecular formula is C13H22N2. The quantitative estimate of drug-likeness (QED) is 0.604.